The summed E-state index contributed by atoms with van der Waals surface area (Å²) in [6.45, 7) is 1.36. The number of ether oxygens (including phenoxy) is 1. The van der Waals surface area contributed by atoms with Gasteiger partial charge in [0.2, 0.25) is 11.9 Å². The number of nitrogens with one attached hydrogen (secondary N) is 2. The van der Waals surface area contributed by atoms with Gasteiger partial charge in [-0.1, -0.05) is 5.21 Å². The average Bonchev–Trinajstić information content (AvgIpc) is 3.41. The largest absolute Gasteiger partial charge is 0.441 e. The fourth-order valence-electron chi connectivity index (χ4n) is 3.02. The maximum Gasteiger partial charge on any atom is 0.413 e. The summed E-state index contributed by atoms with van der Waals surface area (Å²) in [6, 6.07) is 3.97. The summed E-state index contributed by atoms with van der Waals surface area (Å²) in [7, 11) is 1.52. The zero-order valence-electron chi connectivity index (χ0n) is 17.4. The average molecular weight is 461 g/mol. The van der Waals surface area contributed by atoms with Crippen LogP contribution < -0.4 is 10.6 Å². The van der Waals surface area contributed by atoms with Gasteiger partial charge in [0.15, 0.2) is 11.5 Å². The molecule has 172 valence electrons. The molecule has 0 unspecified atom stereocenters. The third kappa shape index (κ3) is 4.91. The molecule has 13 heteroatoms. The van der Waals surface area contributed by atoms with E-state index in [-0.39, 0.29) is 23.5 Å². The molecular weight excluding hydrogens is 443 g/mol. The minimum absolute atomic E-state index is 0.132. The van der Waals surface area contributed by atoms with Gasteiger partial charge in [-0.05, 0) is 31.5 Å². The molecule has 3 aromatic heterocycles. The van der Waals surface area contributed by atoms with Crippen LogP contribution in [-0.2, 0) is 16.6 Å². The molecule has 0 saturated heterocycles. The molecule has 3 heterocycles. The lowest BCUT2D eigenvalue weighted by molar-refractivity contribution is -0.117. The summed E-state index contributed by atoms with van der Waals surface area (Å²) >= 11 is 0. The van der Waals surface area contributed by atoms with Gasteiger partial charge in [-0.15, -0.1) is 5.10 Å². The molecule has 1 fully saturated rings. The third-order valence-corrected chi connectivity index (χ3v) is 4.92. The Morgan fingerprint density at radius 1 is 1.21 bits per heavy atom. The van der Waals surface area contributed by atoms with Crippen LogP contribution in [0.4, 0.5) is 29.5 Å². The van der Waals surface area contributed by atoms with Crippen molar-refractivity contribution in [2.75, 3.05) is 10.6 Å². The second-order valence-electron chi connectivity index (χ2n) is 7.40. The Morgan fingerprint density at radius 2 is 1.97 bits per heavy atom. The molecular formula is C20H18F3N7O3. The number of hydrogen-bond donors (Lipinski definition) is 2. The molecule has 10 nitrogen and oxygen atoms in total. The van der Waals surface area contributed by atoms with Gasteiger partial charge in [0.25, 0.3) is 0 Å². The van der Waals surface area contributed by atoms with E-state index in [0.717, 1.165) is 6.07 Å². The third-order valence-electron chi connectivity index (χ3n) is 4.92. The summed E-state index contributed by atoms with van der Waals surface area (Å²) in [6.07, 6.45) is -0.917. The van der Waals surface area contributed by atoms with E-state index in [0.29, 0.717) is 17.6 Å². The van der Waals surface area contributed by atoms with Crippen LogP contribution >= 0.6 is 0 Å². The quantitative estimate of drug-likeness (QED) is 0.541. The summed E-state index contributed by atoms with van der Waals surface area (Å²) < 4.78 is 46.5. The van der Waals surface area contributed by atoms with Gasteiger partial charge < -0.3 is 10.1 Å². The number of hydrogen-bond acceptors (Lipinski definition) is 7. The fourth-order valence-corrected chi connectivity index (χ4v) is 3.02. The number of amides is 2. The van der Waals surface area contributed by atoms with Gasteiger partial charge in [-0.2, -0.15) is 4.39 Å². The van der Waals surface area contributed by atoms with Crippen molar-refractivity contribution >= 4 is 23.5 Å². The number of halogens is 3. The first-order valence-corrected chi connectivity index (χ1v) is 9.82. The van der Waals surface area contributed by atoms with Crippen LogP contribution in [0.15, 0.2) is 30.6 Å². The summed E-state index contributed by atoms with van der Waals surface area (Å²) in [5.74, 6) is -2.65. The predicted octanol–water partition coefficient (Wildman–Crippen LogP) is 3.16. The molecule has 0 bridgehead atoms. The van der Waals surface area contributed by atoms with Gasteiger partial charge in [0, 0.05) is 7.05 Å². The first kappa shape index (κ1) is 22.2. The molecule has 1 aliphatic carbocycles. The maximum absolute atomic E-state index is 13.8. The van der Waals surface area contributed by atoms with Gasteiger partial charge in [0.05, 0.1) is 35.3 Å². The molecule has 3 atom stereocenters. The molecule has 4 rings (SSSR count). The van der Waals surface area contributed by atoms with E-state index in [2.05, 4.69) is 30.9 Å². The van der Waals surface area contributed by atoms with Gasteiger partial charge in [-0.25, -0.2) is 23.2 Å². The molecule has 0 aliphatic heterocycles. The van der Waals surface area contributed by atoms with E-state index < -0.39 is 42.0 Å². The van der Waals surface area contributed by atoms with Crippen molar-refractivity contribution in [2.45, 2.75) is 25.6 Å². The topological polar surface area (TPSA) is 124 Å². The molecule has 0 aromatic carbocycles. The van der Waals surface area contributed by atoms with Crippen molar-refractivity contribution in [3.05, 3.63) is 47.9 Å². The molecule has 33 heavy (non-hydrogen) atoms. The van der Waals surface area contributed by atoms with Crippen LogP contribution in [0.2, 0.25) is 0 Å². The van der Waals surface area contributed by atoms with Crippen LogP contribution in [0.5, 0.6) is 0 Å². The minimum Gasteiger partial charge on any atom is -0.441 e. The smallest absolute Gasteiger partial charge is 0.413 e. The van der Waals surface area contributed by atoms with Crippen molar-refractivity contribution in [1.29, 1.82) is 0 Å². The van der Waals surface area contributed by atoms with E-state index in [1.165, 1.54) is 30.9 Å². The van der Waals surface area contributed by atoms with Crippen LogP contribution in [0.25, 0.3) is 11.4 Å². The van der Waals surface area contributed by atoms with Crippen molar-refractivity contribution in [2.24, 2.45) is 13.0 Å². The highest BCUT2D eigenvalue weighted by Crippen LogP contribution is 2.34. The Kier molecular flexibility index (Phi) is 5.94. The predicted molar refractivity (Wildman–Crippen MR) is 109 cm³/mol. The highest BCUT2D eigenvalue weighted by atomic mass is 19.1. The van der Waals surface area contributed by atoms with Crippen LogP contribution in [0.1, 0.15) is 25.0 Å². The number of rotatable bonds is 6. The number of carbonyl (C=O) groups is 2. The second kappa shape index (κ2) is 8.84. The minimum atomic E-state index is -1.13. The number of pyridine rings is 2. The fraction of sp³-hybridized carbons (Fsp3) is 0.300. The number of alkyl halides is 1. The highest BCUT2D eigenvalue weighted by Gasteiger charge is 2.43. The van der Waals surface area contributed by atoms with Crippen LogP contribution in [0.3, 0.4) is 0 Å². The molecule has 2 N–H and O–H groups in total. The Morgan fingerprint density at radius 3 is 2.64 bits per heavy atom. The van der Waals surface area contributed by atoms with Gasteiger partial charge >= 0.3 is 6.09 Å². The number of nitrogens with zero attached hydrogens (tertiary/aromatic N) is 5. The first-order chi connectivity index (χ1) is 15.7. The van der Waals surface area contributed by atoms with Gasteiger partial charge in [-0.3, -0.25) is 15.1 Å². The van der Waals surface area contributed by atoms with Crippen molar-refractivity contribution in [3.63, 3.8) is 0 Å². The standard InChI is InChI=1S/C20H18F3N7O3/c1-9(12-5-10(21)7-25-17(12)23)33-20(32)27-18-16(28-29-30(18)2)15-4-3-11(8-24-15)26-19(31)13-6-14(13)22/h3-5,7-9,13-14H,6H2,1-2H3,(H,26,31)(H,27,32)/t9-,13-,14-/m1/s1. The Bertz CT molecular complexity index is 1200. The highest BCUT2D eigenvalue weighted by molar-refractivity contribution is 5.95. The van der Waals surface area contributed by atoms with Crippen molar-refractivity contribution in [3.8, 4) is 11.4 Å². The van der Waals surface area contributed by atoms with E-state index in [4.69, 9.17) is 4.74 Å². The molecule has 3 aromatic rings. The zero-order chi connectivity index (χ0) is 23.7. The number of aromatic nitrogens is 5. The van der Waals surface area contributed by atoms with E-state index >= 15 is 0 Å². The van der Waals surface area contributed by atoms with Crippen molar-refractivity contribution < 1.29 is 27.5 Å². The zero-order valence-corrected chi connectivity index (χ0v) is 17.4. The number of carbonyl (C=O) groups excluding carboxylic acids is 2. The summed E-state index contributed by atoms with van der Waals surface area (Å²) in [4.78, 5) is 31.7. The van der Waals surface area contributed by atoms with Crippen LogP contribution in [0, 0.1) is 17.7 Å². The Balaban J connectivity index is 1.44. The molecule has 0 spiro atoms. The lowest BCUT2D eigenvalue weighted by atomic mass is 10.2. The number of aryl methyl sites for hydroxylation is 1. The number of anilines is 2. The normalized spacial score (nSPS) is 17.8. The Labute approximate surface area is 185 Å². The van der Waals surface area contributed by atoms with Crippen molar-refractivity contribution in [1.82, 2.24) is 25.0 Å². The first-order valence-electron chi connectivity index (χ1n) is 9.82. The SMILES string of the molecule is C[C@@H](OC(=O)Nc1c(-c2ccc(NC(=O)[C@@H]3C[C@H]3F)cn2)nnn1C)c1cc(F)cnc1F. The maximum atomic E-state index is 13.8. The van der Waals surface area contributed by atoms with E-state index in [1.54, 1.807) is 6.07 Å². The molecule has 1 saturated carbocycles. The Hall–Kier alpha value is -4.03. The molecule has 0 radical (unpaired) electrons. The monoisotopic (exact) mass is 461 g/mol. The second-order valence-corrected chi connectivity index (χ2v) is 7.40. The molecule has 1 aliphatic rings. The lowest BCUT2D eigenvalue weighted by Gasteiger charge is -2.15. The lowest BCUT2D eigenvalue weighted by Crippen LogP contribution is -2.19. The van der Waals surface area contributed by atoms with Gasteiger partial charge in [0.1, 0.15) is 18.1 Å². The summed E-state index contributed by atoms with van der Waals surface area (Å²) in [5, 5.41) is 12.8. The molecule has 2 amide bonds. The van der Waals surface area contributed by atoms with E-state index in [1.807, 2.05) is 0 Å². The summed E-state index contributed by atoms with van der Waals surface area (Å²) in [5.41, 5.74) is 0.669. The van der Waals surface area contributed by atoms with Crippen LogP contribution in [-0.4, -0.2) is 43.1 Å². The van der Waals surface area contributed by atoms with E-state index in [9.17, 15) is 22.8 Å².